The normalized spacial score (nSPS) is 12.1. The lowest BCUT2D eigenvalue weighted by Crippen LogP contribution is -2.28. The van der Waals surface area contributed by atoms with E-state index >= 15 is 0 Å². The zero-order valence-electron chi connectivity index (χ0n) is 12.8. The topological polar surface area (TPSA) is 62.5 Å². The van der Waals surface area contributed by atoms with Gasteiger partial charge in [-0.3, -0.25) is 4.79 Å². The number of rotatable bonds is 7. The van der Waals surface area contributed by atoms with Crippen molar-refractivity contribution in [2.45, 2.75) is 31.3 Å². The zero-order chi connectivity index (χ0) is 15.9. The second kappa shape index (κ2) is 8.06. The van der Waals surface area contributed by atoms with Crippen LogP contribution < -0.4 is 5.32 Å². The molecule has 0 fully saturated rings. The molecule has 1 atom stereocenters. The maximum Gasteiger partial charge on any atom is 0.220 e. The molecule has 5 heteroatoms. The molecule has 0 radical (unpaired) electrons. The largest absolute Gasteiger partial charge is 0.466 e. The second-order valence-corrected chi connectivity index (χ2v) is 6.27. The maximum atomic E-state index is 11.8. The van der Waals surface area contributed by atoms with E-state index in [0.717, 1.165) is 22.0 Å². The van der Waals surface area contributed by atoms with E-state index in [0.29, 0.717) is 12.2 Å². The number of nitrogens with one attached hydrogen (secondary N) is 1. The predicted molar refractivity (Wildman–Crippen MR) is 87.9 cm³/mol. The van der Waals surface area contributed by atoms with Crippen LogP contribution in [0.5, 0.6) is 0 Å². The predicted octanol–water partition coefficient (Wildman–Crippen LogP) is 3.23. The summed E-state index contributed by atoms with van der Waals surface area (Å²) in [6.45, 7) is 3.85. The van der Waals surface area contributed by atoms with Gasteiger partial charge in [-0.25, -0.2) is 0 Å². The molecule has 0 aliphatic rings. The quantitative estimate of drug-likeness (QED) is 0.769. The Kier molecular flexibility index (Phi) is 6.10. The average molecular weight is 319 g/mol. The number of aryl methyl sites for hydroxylation is 2. The van der Waals surface area contributed by atoms with Crippen molar-refractivity contribution in [1.29, 1.82) is 0 Å². The third-order valence-electron chi connectivity index (χ3n) is 3.27. The fraction of sp³-hybridized carbons (Fsp3) is 0.353. The molecule has 0 saturated carbocycles. The first-order valence-corrected chi connectivity index (χ1v) is 8.24. The summed E-state index contributed by atoms with van der Waals surface area (Å²) in [5.74, 6) is 2.12. The first-order chi connectivity index (χ1) is 10.6. The van der Waals surface area contributed by atoms with Crippen molar-refractivity contribution in [2.24, 2.45) is 0 Å². The standard InChI is InChI=1S/C17H21NO3S/c1-12-10-15(13(2)21-12)16(19)11-18-17(20)8-9-22-14-6-4-3-5-7-14/h3-7,10,16,19H,8-9,11H2,1-2H3,(H,18,20). The van der Waals surface area contributed by atoms with E-state index in [1.165, 1.54) is 0 Å². The summed E-state index contributed by atoms with van der Waals surface area (Å²) in [6.07, 6.45) is -0.307. The van der Waals surface area contributed by atoms with Crippen LogP contribution in [0, 0.1) is 13.8 Å². The van der Waals surface area contributed by atoms with Crippen molar-refractivity contribution in [1.82, 2.24) is 5.32 Å². The summed E-state index contributed by atoms with van der Waals surface area (Å²) < 4.78 is 5.38. The van der Waals surface area contributed by atoms with Crippen LogP contribution in [-0.4, -0.2) is 23.3 Å². The molecule has 2 N–H and O–H groups in total. The molecule has 1 aromatic carbocycles. The highest BCUT2D eigenvalue weighted by Gasteiger charge is 2.15. The Hall–Kier alpha value is -1.72. The van der Waals surface area contributed by atoms with E-state index in [1.807, 2.05) is 44.2 Å². The number of benzene rings is 1. The minimum atomic E-state index is -0.733. The fourth-order valence-electron chi connectivity index (χ4n) is 2.17. The summed E-state index contributed by atoms with van der Waals surface area (Å²) >= 11 is 1.65. The van der Waals surface area contributed by atoms with Gasteiger partial charge in [0, 0.05) is 29.2 Å². The van der Waals surface area contributed by atoms with Gasteiger partial charge in [-0.1, -0.05) is 18.2 Å². The third-order valence-corrected chi connectivity index (χ3v) is 4.29. The summed E-state index contributed by atoms with van der Waals surface area (Å²) in [4.78, 5) is 13.0. The number of hydrogen-bond acceptors (Lipinski definition) is 4. The Morgan fingerprint density at radius 2 is 2.05 bits per heavy atom. The van der Waals surface area contributed by atoms with E-state index in [9.17, 15) is 9.90 Å². The molecule has 4 nitrogen and oxygen atoms in total. The first-order valence-electron chi connectivity index (χ1n) is 7.26. The molecule has 22 heavy (non-hydrogen) atoms. The lowest BCUT2D eigenvalue weighted by atomic mass is 10.1. The van der Waals surface area contributed by atoms with E-state index in [1.54, 1.807) is 17.8 Å². The van der Waals surface area contributed by atoms with Gasteiger partial charge in [0.2, 0.25) is 5.91 Å². The van der Waals surface area contributed by atoms with Crippen LogP contribution in [0.4, 0.5) is 0 Å². The van der Waals surface area contributed by atoms with Crippen molar-refractivity contribution < 1.29 is 14.3 Å². The molecule has 1 unspecified atom stereocenters. The number of aliphatic hydroxyl groups is 1. The molecule has 1 aromatic heterocycles. The highest BCUT2D eigenvalue weighted by molar-refractivity contribution is 7.99. The van der Waals surface area contributed by atoms with Crippen LogP contribution in [-0.2, 0) is 4.79 Å². The molecule has 0 aliphatic heterocycles. The molecule has 118 valence electrons. The van der Waals surface area contributed by atoms with Crippen LogP contribution in [0.3, 0.4) is 0 Å². The van der Waals surface area contributed by atoms with Gasteiger partial charge < -0.3 is 14.8 Å². The Morgan fingerprint density at radius 1 is 1.32 bits per heavy atom. The molecule has 0 spiro atoms. The fourth-order valence-corrected chi connectivity index (χ4v) is 3.04. The first kappa shape index (κ1) is 16.6. The van der Waals surface area contributed by atoms with Crippen molar-refractivity contribution in [2.75, 3.05) is 12.3 Å². The molecule has 1 heterocycles. The molecule has 2 aromatic rings. The summed E-state index contributed by atoms with van der Waals surface area (Å²) in [5, 5.41) is 12.8. The van der Waals surface area contributed by atoms with Crippen molar-refractivity contribution in [3.05, 3.63) is 53.5 Å². The zero-order valence-corrected chi connectivity index (χ0v) is 13.7. The number of aliphatic hydroxyl groups excluding tert-OH is 1. The number of carbonyl (C=O) groups excluding carboxylic acids is 1. The van der Waals surface area contributed by atoms with Crippen molar-refractivity contribution in [3.63, 3.8) is 0 Å². The average Bonchev–Trinajstić information content (AvgIpc) is 2.84. The molecule has 1 amide bonds. The van der Waals surface area contributed by atoms with Gasteiger partial charge >= 0.3 is 0 Å². The molecular weight excluding hydrogens is 298 g/mol. The van der Waals surface area contributed by atoms with Gasteiger partial charge in [0.25, 0.3) is 0 Å². The molecule has 0 bridgehead atoms. The minimum Gasteiger partial charge on any atom is -0.466 e. The lowest BCUT2D eigenvalue weighted by molar-refractivity contribution is -0.121. The molecule has 2 rings (SSSR count). The van der Waals surface area contributed by atoms with E-state index in [4.69, 9.17) is 4.42 Å². The summed E-state index contributed by atoms with van der Waals surface area (Å²) in [5.41, 5.74) is 0.733. The van der Waals surface area contributed by atoms with Crippen LogP contribution in [0.15, 0.2) is 45.7 Å². The van der Waals surface area contributed by atoms with E-state index in [2.05, 4.69) is 5.32 Å². The Balaban J connectivity index is 1.70. The number of carbonyl (C=O) groups is 1. The van der Waals surface area contributed by atoms with E-state index in [-0.39, 0.29) is 12.5 Å². The Labute approximate surface area is 134 Å². The van der Waals surface area contributed by atoms with Gasteiger partial charge in [-0.05, 0) is 32.0 Å². The van der Waals surface area contributed by atoms with Crippen molar-refractivity contribution in [3.8, 4) is 0 Å². The summed E-state index contributed by atoms with van der Waals surface area (Å²) in [7, 11) is 0. The monoisotopic (exact) mass is 319 g/mol. The van der Waals surface area contributed by atoms with Crippen LogP contribution >= 0.6 is 11.8 Å². The SMILES string of the molecule is Cc1cc(C(O)CNC(=O)CCSc2ccccc2)c(C)o1. The highest BCUT2D eigenvalue weighted by Crippen LogP contribution is 2.21. The van der Waals surface area contributed by atoms with Crippen LogP contribution in [0.2, 0.25) is 0 Å². The second-order valence-electron chi connectivity index (χ2n) is 5.10. The molecular formula is C17H21NO3S. The van der Waals surface area contributed by atoms with Gasteiger partial charge in [0.05, 0.1) is 6.10 Å². The Bertz CT molecular complexity index is 610. The number of furan rings is 1. The van der Waals surface area contributed by atoms with Gasteiger partial charge in [0.1, 0.15) is 11.5 Å². The number of hydrogen-bond donors (Lipinski definition) is 2. The minimum absolute atomic E-state index is 0.0552. The summed E-state index contributed by atoms with van der Waals surface area (Å²) in [6, 6.07) is 11.8. The van der Waals surface area contributed by atoms with Gasteiger partial charge in [-0.2, -0.15) is 0 Å². The van der Waals surface area contributed by atoms with Crippen LogP contribution in [0.1, 0.15) is 29.6 Å². The maximum absolute atomic E-state index is 11.8. The Morgan fingerprint density at radius 3 is 2.68 bits per heavy atom. The van der Waals surface area contributed by atoms with Crippen LogP contribution in [0.25, 0.3) is 0 Å². The number of amides is 1. The lowest BCUT2D eigenvalue weighted by Gasteiger charge is -2.11. The third kappa shape index (κ3) is 4.93. The van der Waals surface area contributed by atoms with E-state index < -0.39 is 6.10 Å². The molecule has 0 saturated heterocycles. The van der Waals surface area contributed by atoms with Crippen molar-refractivity contribution >= 4 is 17.7 Å². The van der Waals surface area contributed by atoms with Gasteiger partial charge in [0.15, 0.2) is 0 Å². The molecule has 0 aliphatic carbocycles. The highest BCUT2D eigenvalue weighted by atomic mass is 32.2. The number of thioether (sulfide) groups is 1. The van der Waals surface area contributed by atoms with Gasteiger partial charge in [-0.15, -0.1) is 11.8 Å². The smallest absolute Gasteiger partial charge is 0.220 e.